The Balaban J connectivity index is 2.37. The van der Waals surface area contributed by atoms with Gasteiger partial charge in [0.25, 0.3) is 0 Å². The summed E-state index contributed by atoms with van der Waals surface area (Å²) in [5, 5.41) is 18.6. The molecule has 1 unspecified atom stereocenters. The van der Waals surface area contributed by atoms with Gasteiger partial charge >= 0.3 is 5.97 Å². The lowest BCUT2D eigenvalue weighted by molar-refractivity contribution is -0.164. The van der Waals surface area contributed by atoms with Gasteiger partial charge in [0.05, 0.1) is 6.10 Å². The zero-order valence-electron chi connectivity index (χ0n) is 9.68. The number of carbonyl (C=O) groups excluding carboxylic acids is 1. The number of carboxylic acids is 1. The maximum Gasteiger partial charge on any atom is 0.327 e. The molecule has 2 rings (SSSR count). The van der Waals surface area contributed by atoms with Crippen LogP contribution in [0.5, 0.6) is 0 Å². The highest BCUT2D eigenvalue weighted by atomic mass is 79.9. The Morgan fingerprint density at radius 2 is 2.12 bits per heavy atom. The topological polar surface area (TPSA) is 77.8 Å². The first-order valence-electron chi connectivity index (χ1n) is 5.24. The third kappa shape index (κ3) is 1.48. The van der Waals surface area contributed by atoms with Crippen LogP contribution >= 0.6 is 27.7 Å². The molecule has 17 heavy (non-hydrogen) atoms. The summed E-state index contributed by atoms with van der Waals surface area (Å²) in [5.74, 6) is -1.35. The number of aliphatic hydroxyl groups excluding tert-OH is 1. The highest BCUT2D eigenvalue weighted by molar-refractivity contribution is 9.10. The minimum atomic E-state index is -1.04. The number of hydrogen-bond acceptors (Lipinski definition) is 4. The number of nitrogens with zero attached hydrogens (tertiary/aromatic N) is 1. The van der Waals surface area contributed by atoms with Gasteiger partial charge in [-0.1, -0.05) is 15.9 Å². The van der Waals surface area contributed by atoms with Gasteiger partial charge in [-0.15, -0.1) is 11.8 Å². The molecule has 0 radical (unpaired) electrons. The van der Waals surface area contributed by atoms with Crippen LogP contribution in [0.3, 0.4) is 0 Å². The summed E-state index contributed by atoms with van der Waals surface area (Å²) >= 11 is 4.69. The third-order valence-electron chi connectivity index (χ3n) is 3.37. The minimum absolute atomic E-state index is 0.328. The Bertz CT molecular complexity index is 400. The molecule has 5 nitrogen and oxygen atoms in total. The molecular formula is C10H14BrNO4S. The second-order valence-electron chi connectivity index (χ2n) is 4.97. The van der Waals surface area contributed by atoms with Gasteiger partial charge in [0.2, 0.25) is 5.91 Å². The van der Waals surface area contributed by atoms with Crippen molar-refractivity contribution in [2.75, 3.05) is 0 Å². The molecule has 0 bridgehead atoms. The van der Waals surface area contributed by atoms with Crippen LogP contribution in [0.2, 0.25) is 0 Å². The summed E-state index contributed by atoms with van der Waals surface area (Å²) in [6, 6.07) is -0.838. The van der Waals surface area contributed by atoms with Crippen molar-refractivity contribution in [3.05, 3.63) is 0 Å². The van der Waals surface area contributed by atoms with Crippen molar-refractivity contribution >= 4 is 39.6 Å². The van der Waals surface area contributed by atoms with Crippen LogP contribution in [0.15, 0.2) is 0 Å². The number of thioether (sulfide) groups is 1. The van der Waals surface area contributed by atoms with Crippen molar-refractivity contribution in [3.63, 3.8) is 0 Å². The number of alkyl halides is 1. The average Bonchev–Trinajstić information content (AvgIpc) is 2.46. The fourth-order valence-electron chi connectivity index (χ4n) is 2.43. The van der Waals surface area contributed by atoms with E-state index < -0.39 is 27.2 Å². The predicted molar refractivity (Wildman–Crippen MR) is 67.1 cm³/mol. The number of hydrogen-bond donors (Lipinski definition) is 2. The van der Waals surface area contributed by atoms with Gasteiger partial charge < -0.3 is 15.1 Å². The molecular weight excluding hydrogens is 310 g/mol. The van der Waals surface area contributed by atoms with E-state index in [1.165, 1.54) is 23.6 Å². The Labute approximate surface area is 112 Å². The second kappa shape index (κ2) is 3.61. The summed E-state index contributed by atoms with van der Waals surface area (Å²) in [6.07, 6.45) is -0.855. The zero-order valence-corrected chi connectivity index (χ0v) is 12.1. The Kier molecular flexibility index (Phi) is 2.80. The van der Waals surface area contributed by atoms with E-state index in [4.69, 9.17) is 0 Å². The molecule has 2 N–H and O–H groups in total. The third-order valence-corrected chi connectivity index (χ3v) is 6.76. The van der Waals surface area contributed by atoms with Crippen molar-refractivity contribution in [2.45, 2.75) is 47.4 Å². The molecule has 7 heteroatoms. The molecule has 2 saturated heterocycles. The minimum Gasteiger partial charge on any atom is -0.480 e. The number of amides is 1. The average molecular weight is 324 g/mol. The SMILES string of the molecule is CC(O)[C@]1(Br)C(=O)N2[C@@H](C(=O)O)C(C)(C)S[C@@H]21. The van der Waals surface area contributed by atoms with Gasteiger partial charge in [-0.25, -0.2) is 4.79 Å². The molecule has 0 saturated carbocycles. The lowest BCUT2D eigenvalue weighted by Gasteiger charge is -2.51. The Morgan fingerprint density at radius 1 is 1.59 bits per heavy atom. The molecule has 4 atom stereocenters. The molecule has 0 aromatic heterocycles. The van der Waals surface area contributed by atoms with Crippen LogP contribution in [0.25, 0.3) is 0 Å². The molecule has 0 aromatic rings. The van der Waals surface area contributed by atoms with Crippen molar-refractivity contribution in [2.24, 2.45) is 0 Å². The number of fused-ring (bicyclic) bond motifs is 1. The first kappa shape index (κ1) is 13.2. The molecule has 1 amide bonds. The van der Waals surface area contributed by atoms with Crippen molar-refractivity contribution < 1.29 is 19.8 Å². The van der Waals surface area contributed by atoms with Gasteiger partial charge in [0.15, 0.2) is 4.32 Å². The molecule has 0 spiro atoms. The maximum absolute atomic E-state index is 12.1. The number of aliphatic carboxylic acids is 1. The van der Waals surface area contributed by atoms with Gasteiger partial charge in [-0.2, -0.15) is 0 Å². The van der Waals surface area contributed by atoms with Crippen LogP contribution in [-0.2, 0) is 9.59 Å². The van der Waals surface area contributed by atoms with E-state index in [1.54, 1.807) is 13.8 Å². The number of carboxylic acid groups (broad SMARTS) is 1. The van der Waals surface area contributed by atoms with Crippen LogP contribution in [0, 0.1) is 0 Å². The van der Waals surface area contributed by atoms with Gasteiger partial charge in [0.1, 0.15) is 11.4 Å². The van der Waals surface area contributed by atoms with E-state index in [0.29, 0.717) is 0 Å². The molecule has 0 aliphatic carbocycles. The fourth-order valence-corrected chi connectivity index (χ4v) is 4.85. The van der Waals surface area contributed by atoms with Crippen molar-refractivity contribution in [1.82, 2.24) is 4.90 Å². The highest BCUT2D eigenvalue weighted by Gasteiger charge is 2.72. The molecule has 96 valence electrons. The normalized spacial score (nSPS) is 40.8. The standard InChI is InChI=1S/C10H14BrNO4S/c1-4(13)10(11)7(16)12-5(6(14)15)9(2,3)17-8(10)12/h4-5,8,13H,1-3H3,(H,14,15)/t4?,5-,8+,10-/m0/s1. The maximum atomic E-state index is 12.1. The van der Waals surface area contributed by atoms with E-state index in [-0.39, 0.29) is 11.3 Å². The molecule has 2 heterocycles. The number of β-lactam (4-membered cyclic amide) rings is 1. The van der Waals surface area contributed by atoms with Crippen LogP contribution < -0.4 is 0 Å². The lowest BCUT2D eigenvalue weighted by Crippen LogP contribution is -2.74. The van der Waals surface area contributed by atoms with Crippen LogP contribution in [-0.4, -0.2) is 53.6 Å². The Morgan fingerprint density at radius 3 is 2.53 bits per heavy atom. The monoisotopic (exact) mass is 323 g/mol. The summed E-state index contributed by atoms with van der Waals surface area (Å²) in [4.78, 5) is 24.7. The number of halogens is 1. The summed E-state index contributed by atoms with van der Waals surface area (Å²) in [5.41, 5.74) is 0. The summed E-state index contributed by atoms with van der Waals surface area (Å²) in [6.45, 7) is 5.14. The zero-order chi connectivity index (χ0) is 13.2. The fraction of sp³-hybridized carbons (Fsp3) is 0.800. The number of carbonyl (C=O) groups is 2. The quantitative estimate of drug-likeness (QED) is 0.576. The molecule has 2 aliphatic rings. The van der Waals surface area contributed by atoms with Crippen LogP contribution in [0.1, 0.15) is 20.8 Å². The van der Waals surface area contributed by atoms with E-state index >= 15 is 0 Å². The lowest BCUT2D eigenvalue weighted by atomic mass is 9.88. The van der Waals surface area contributed by atoms with Crippen molar-refractivity contribution in [3.8, 4) is 0 Å². The van der Waals surface area contributed by atoms with E-state index in [1.807, 2.05) is 0 Å². The summed E-state index contributed by atoms with van der Waals surface area (Å²) in [7, 11) is 0. The van der Waals surface area contributed by atoms with Crippen LogP contribution in [0.4, 0.5) is 0 Å². The first-order chi connectivity index (χ1) is 7.64. The smallest absolute Gasteiger partial charge is 0.327 e. The number of rotatable bonds is 2. The predicted octanol–water partition coefficient (Wildman–Crippen LogP) is 0.648. The Hall–Kier alpha value is -0.270. The van der Waals surface area contributed by atoms with Gasteiger partial charge in [-0.05, 0) is 20.8 Å². The highest BCUT2D eigenvalue weighted by Crippen LogP contribution is 2.58. The summed E-state index contributed by atoms with van der Waals surface area (Å²) < 4.78 is -1.60. The van der Waals surface area contributed by atoms with E-state index in [2.05, 4.69) is 15.9 Å². The van der Waals surface area contributed by atoms with E-state index in [0.717, 1.165) is 0 Å². The molecule has 2 fully saturated rings. The first-order valence-corrected chi connectivity index (χ1v) is 6.91. The van der Waals surface area contributed by atoms with Gasteiger partial charge in [0, 0.05) is 4.75 Å². The van der Waals surface area contributed by atoms with E-state index in [9.17, 15) is 19.8 Å². The molecule has 0 aromatic carbocycles. The second-order valence-corrected chi connectivity index (χ2v) is 8.02. The van der Waals surface area contributed by atoms with Gasteiger partial charge in [-0.3, -0.25) is 4.79 Å². The van der Waals surface area contributed by atoms with Crippen molar-refractivity contribution in [1.29, 1.82) is 0 Å². The number of aliphatic hydroxyl groups is 1. The molecule has 2 aliphatic heterocycles. The largest absolute Gasteiger partial charge is 0.480 e.